The number of nitrogens with one attached hydrogen (secondary N) is 2. The summed E-state index contributed by atoms with van der Waals surface area (Å²) < 4.78 is 31.9. The van der Waals surface area contributed by atoms with Crippen LogP contribution in [0.1, 0.15) is 52.0 Å². The van der Waals surface area contributed by atoms with Crippen LogP contribution in [0.2, 0.25) is 0 Å². The van der Waals surface area contributed by atoms with Crippen molar-refractivity contribution in [3.05, 3.63) is 29.4 Å². The number of nitrogens with zero attached hydrogens (tertiary/aromatic N) is 4. The topological polar surface area (TPSA) is 57.5 Å². The van der Waals surface area contributed by atoms with Gasteiger partial charge in [0.2, 0.25) is 0 Å². The van der Waals surface area contributed by atoms with Gasteiger partial charge in [-0.15, -0.1) is 10.2 Å². The van der Waals surface area contributed by atoms with Crippen LogP contribution in [0.5, 0.6) is 0 Å². The molecule has 1 saturated carbocycles. The second-order valence-electron chi connectivity index (χ2n) is 9.30. The van der Waals surface area contributed by atoms with Crippen LogP contribution in [-0.4, -0.2) is 44.8 Å². The van der Waals surface area contributed by atoms with E-state index in [0.29, 0.717) is 23.1 Å². The predicted octanol–water partition coefficient (Wildman–Crippen LogP) is 5.12. The highest BCUT2D eigenvalue weighted by molar-refractivity contribution is 7.97. The third-order valence-electron chi connectivity index (χ3n) is 6.52. The average Bonchev–Trinajstić information content (AvgIpc) is 3.15. The van der Waals surface area contributed by atoms with Crippen molar-refractivity contribution in [2.24, 2.45) is 0 Å². The predicted molar refractivity (Wildman–Crippen MR) is 127 cm³/mol. The van der Waals surface area contributed by atoms with Crippen LogP contribution in [0.25, 0.3) is 16.2 Å². The van der Waals surface area contributed by atoms with Crippen LogP contribution in [-0.2, 0) is 0 Å². The summed E-state index contributed by atoms with van der Waals surface area (Å²) in [6.07, 6.45) is 1.81. The quantitative estimate of drug-likeness (QED) is 0.480. The van der Waals surface area contributed by atoms with Crippen molar-refractivity contribution < 1.29 is 8.78 Å². The number of anilines is 1. The highest BCUT2D eigenvalue weighted by Crippen LogP contribution is 2.40. The number of aromatic nitrogens is 3. The fourth-order valence-corrected chi connectivity index (χ4v) is 5.84. The van der Waals surface area contributed by atoms with E-state index in [0.717, 1.165) is 39.7 Å². The second kappa shape index (κ2) is 8.23. The molecule has 0 aromatic carbocycles. The van der Waals surface area contributed by atoms with Gasteiger partial charge in [0.15, 0.2) is 10.0 Å². The molecule has 3 aromatic rings. The first-order valence-electron chi connectivity index (χ1n) is 11.0. The van der Waals surface area contributed by atoms with Crippen LogP contribution in [0.4, 0.5) is 14.5 Å². The molecule has 6 nitrogen and oxygen atoms in total. The molecule has 3 aromatic heterocycles. The molecule has 0 radical (unpaired) electrons. The zero-order valence-corrected chi connectivity index (χ0v) is 20.2. The van der Waals surface area contributed by atoms with Gasteiger partial charge in [-0.1, -0.05) is 11.3 Å². The first-order valence-corrected chi connectivity index (χ1v) is 12.6. The molecule has 1 aliphatic heterocycles. The van der Waals surface area contributed by atoms with E-state index in [2.05, 4.69) is 75.6 Å². The number of fused-ring (bicyclic) bond motifs is 1. The van der Waals surface area contributed by atoms with Crippen LogP contribution in [0.15, 0.2) is 29.3 Å². The van der Waals surface area contributed by atoms with Crippen LogP contribution < -0.4 is 14.9 Å². The van der Waals surface area contributed by atoms with Crippen molar-refractivity contribution in [1.29, 1.82) is 0 Å². The first kappa shape index (κ1) is 22.1. The van der Waals surface area contributed by atoms with Gasteiger partial charge in [-0.3, -0.25) is 4.72 Å². The minimum absolute atomic E-state index is 0.191. The third-order valence-corrected chi connectivity index (χ3v) is 8.53. The van der Waals surface area contributed by atoms with Gasteiger partial charge in [0, 0.05) is 41.3 Å². The fourth-order valence-electron chi connectivity index (χ4n) is 4.22. The molecular weight excluding hydrogens is 450 g/mol. The Morgan fingerprint density at radius 1 is 1.25 bits per heavy atom. The van der Waals surface area contributed by atoms with Gasteiger partial charge in [-0.25, -0.2) is 8.78 Å². The fraction of sp³-hybridized carbons (Fsp3) is 0.545. The van der Waals surface area contributed by atoms with E-state index in [9.17, 15) is 8.78 Å². The van der Waals surface area contributed by atoms with Crippen molar-refractivity contribution in [3.8, 4) is 10.7 Å². The lowest BCUT2D eigenvalue weighted by Gasteiger charge is -2.43. The maximum Gasteiger partial charge on any atom is 0.291 e. The monoisotopic (exact) mass is 478 g/mol. The first-order chi connectivity index (χ1) is 15.2. The highest BCUT2D eigenvalue weighted by atomic mass is 32.2. The van der Waals surface area contributed by atoms with E-state index in [1.54, 1.807) is 11.9 Å². The number of rotatable bonds is 6. The standard InChI is InChI=1S/C22H28F2N6S2/c1-12-10-29(14(3)13(2)25-12)18-9-15(32-28-22(4)7-8-22)11-30-16(18)5-6-17(30)20-26-27-21(31-20)19(23)24/h5-6,9,11-14,19,25,28H,7-8,10H2,1-4H3/t12-,13+,14+/m1/s1. The summed E-state index contributed by atoms with van der Waals surface area (Å²) in [5.41, 5.74) is 3.17. The van der Waals surface area contributed by atoms with Crippen molar-refractivity contribution in [3.63, 3.8) is 0 Å². The summed E-state index contributed by atoms with van der Waals surface area (Å²) in [5.74, 6) is 0. The lowest BCUT2D eigenvalue weighted by molar-refractivity contribution is 0.150. The van der Waals surface area contributed by atoms with Crippen molar-refractivity contribution in [2.45, 2.75) is 75.5 Å². The maximum absolute atomic E-state index is 13.1. The van der Waals surface area contributed by atoms with E-state index in [1.807, 2.05) is 6.07 Å². The van der Waals surface area contributed by atoms with E-state index in [4.69, 9.17) is 0 Å². The number of pyridine rings is 1. The van der Waals surface area contributed by atoms with Gasteiger partial charge in [-0.05, 0) is 70.7 Å². The normalized spacial score (nSPS) is 25.1. The molecule has 1 saturated heterocycles. The largest absolute Gasteiger partial charge is 0.364 e. The molecular formula is C22H28F2N6S2. The van der Waals surface area contributed by atoms with E-state index in [1.165, 1.54) is 12.8 Å². The average molecular weight is 479 g/mol. The molecule has 2 aliphatic rings. The summed E-state index contributed by atoms with van der Waals surface area (Å²) in [5, 5.41) is 11.6. The van der Waals surface area contributed by atoms with Gasteiger partial charge in [-0.2, -0.15) is 0 Å². The number of halogens is 2. The Balaban J connectivity index is 1.60. The molecule has 0 unspecified atom stereocenters. The molecule has 2 fully saturated rings. The number of alkyl halides is 2. The molecule has 172 valence electrons. The zero-order valence-electron chi connectivity index (χ0n) is 18.6. The molecule has 0 spiro atoms. The number of hydrogen-bond acceptors (Lipinski definition) is 7. The number of hydrogen-bond donors (Lipinski definition) is 2. The summed E-state index contributed by atoms with van der Waals surface area (Å²) >= 11 is 2.59. The zero-order chi connectivity index (χ0) is 22.6. The molecule has 5 rings (SSSR count). The van der Waals surface area contributed by atoms with Crippen molar-refractivity contribution in [2.75, 3.05) is 11.4 Å². The Morgan fingerprint density at radius 2 is 2.03 bits per heavy atom. The molecule has 2 N–H and O–H groups in total. The molecule has 32 heavy (non-hydrogen) atoms. The molecule has 4 heterocycles. The SMILES string of the molecule is C[C@@H]1CN(c2cc(SNC3(C)CC3)cn3c(-c4nnc(C(F)F)s4)ccc23)[C@@H](C)[C@H](C)N1. The van der Waals surface area contributed by atoms with E-state index < -0.39 is 6.43 Å². The van der Waals surface area contributed by atoms with Crippen LogP contribution in [0, 0.1) is 0 Å². The second-order valence-corrected chi connectivity index (χ2v) is 11.2. The summed E-state index contributed by atoms with van der Waals surface area (Å²) in [6, 6.07) is 7.29. The van der Waals surface area contributed by atoms with E-state index >= 15 is 0 Å². The lowest BCUT2D eigenvalue weighted by Crippen LogP contribution is -2.59. The molecule has 1 aliphatic carbocycles. The molecule has 3 atom stereocenters. The maximum atomic E-state index is 13.1. The van der Waals surface area contributed by atoms with Crippen molar-refractivity contribution >= 4 is 34.5 Å². The van der Waals surface area contributed by atoms with Gasteiger partial charge in [0.05, 0.1) is 16.9 Å². The van der Waals surface area contributed by atoms with Crippen LogP contribution >= 0.6 is 23.3 Å². The van der Waals surface area contributed by atoms with E-state index in [-0.39, 0.29) is 10.5 Å². The number of piperazine rings is 1. The van der Waals surface area contributed by atoms with Gasteiger partial charge < -0.3 is 14.6 Å². The smallest absolute Gasteiger partial charge is 0.291 e. The molecule has 10 heteroatoms. The molecule has 0 amide bonds. The van der Waals surface area contributed by atoms with Gasteiger partial charge in [0.1, 0.15) is 0 Å². The Morgan fingerprint density at radius 3 is 2.72 bits per heavy atom. The minimum Gasteiger partial charge on any atom is -0.364 e. The summed E-state index contributed by atoms with van der Waals surface area (Å²) in [4.78, 5) is 3.54. The Labute approximate surface area is 194 Å². The van der Waals surface area contributed by atoms with Gasteiger partial charge in [0.25, 0.3) is 6.43 Å². The van der Waals surface area contributed by atoms with Gasteiger partial charge >= 0.3 is 0 Å². The third kappa shape index (κ3) is 4.13. The lowest BCUT2D eigenvalue weighted by atomic mass is 10.0. The summed E-state index contributed by atoms with van der Waals surface area (Å²) in [7, 11) is 0. The van der Waals surface area contributed by atoms with Crippen LogP contribution in [0.3, 0.4) is 0 Å². The summed E-state index contributed by atoms with van der Waals surface area (Å²) in [6.45, 7) is 9.80. The highest BCUT2D eigenvalue weighted by Gasteiger charge is 2.37. The Kier molecular flexibility index (Phi) is 5.68. The molecule has 0 bridgehead atoms. The Bertz CT molecular complexity index is 1130. The minimum atomic E-state index is -2.61. The van der Waals surface area contributed by atoms with Crippen molar-refractivity contribution in [1.82, 2.24) is 24.6 Å². The Hall–Kier alpha value is -1.75.